The van der Waals surface area contributed by atoms with E-state index in [1.54, 1.807) is 0 Å². The Morgan fingerprint density at radius 3 is 1.41 bits per heavy atom. The molecule has 0 N–H and O–H groups in total. The Labute approximate surface area is 365 Å². The maximum absolute atomic E-state index is 5.54. The predicted molar refractivity (Wildman–Crippen MR) is 258 cm³/mol. The summed E-state index contributed by atoms with van der Waals surface area (Å²) in [5.74, 6) is 0.694. The van der Waals surface area contributed by atoms with Crippen LogP contribution in [0.5, 0.6) is 0 Å². The Kier molecular flexibility index (Phi) is 7.82. The van der Waals surface area contributed by atoms with Gasteiger partial charge in [-0.3, -0.25) is 0 Å². The topological polar surface area (TPSA) is 38.7 Å². The highest BCUT2D eigenvalue weighted by Crippen LogP contribution is 2.64. The van der Waals surface area contributed by atoms with Crippen molar-refractivity contribution in [1.29, 1.82) is 0 Å². The lowest BCUT2D eigenvalue weighted by Gasteiger charge is -2.30. The number of fused-ring (bicyclic) bond motifs is 14. The molecule has 2 aromatic heterocycles. The van der Waals surface area contributed by atoms with Gasteiger partial charge in [0.1, 0.15) is 0 Å². The van der Waals surface area contributed by atoms with Crippen molar-refractivity contribution in [3.8, 4) is 78.5 Å². The maximum atomic E-state index is 5.54. The third-order valence-corrected chi connectivity index (χ3v) is 13.3. The number of benzene rings is 9. The molecule has 13 rings (SSSR count). The quantitative estimate of drug-likeness (QED) is 0.163. The van der Waals surface area contributed by atoms with Gasteiger partial charge < -0.3 is 0 Å². The molecule has 2 heterocycles. The van der Waals surface area contributed by atoms with Gasteiger partial charge in [0.05, 0.1) is 28.0 Å². The minimum absolute atomic E-state index is 0.441. The number of hydrogen-bond donors (Lipinski definition) is 0. The van der Waals surface area contributed by atoms with Crippen molar-refractivity contribution in [3.05, 3.63) is 247 Å². The zero-order valence-corrected chi connectivity index (χ0v) is 34.2. The number of nitrogens with zero attached hydrogens (tertiary/aromatic N) is 3. The fraction of sp³-hybridized carbons (Fsp3) is 0.0167. The maximum Gasteiger partial charge on any atom is 0.160 e. The standard InChI is InChI=1S/C60H37N3/c1-3-15-38(16-4-1)39-27-29-40(30-28-39)54-37-55(63-59(62-54)43-17-5-2-6-18-43)41-31-33-42(34-32-41)58-57-47(46-21-10-14-26-53(46)61-58)35-36-52-56(57)48-22-9-13-25-51(48)60(52)49-23-11-7-19-44(49)45-20-8-12-24-50(45)60/h1-37H. The van der Waals surface area contributed by atoms with E-state index in [1.165, 1.54) is 66.4 Å². The smallest absolute Gasteiger partial charge is 0.160 e. The lowest BCUT2D eigenvalue weighted by molar-refractivity contribution is 0.794. The Morgan fingerprint density at radius 1 is 0.302 bits per heavy atom. The number of pyridine rings is 1. The molecule has 0 radical (unpaired) electrons. The second-order valence-corrected chi connectivity index (χ2v) is 16.6. The normalized spacial score (nSPS) is 12.9. The Balaban J connectivity index is 0.998. The van der Waals surface area contributed by atoms with E-state index >= 15 is 0 Å². The molecular weight excluding hydrogens is 763 g/mol. The molecule has 0 saturated carbocycles. The molecule has 1 spiro atoms. The van der Waals surface area contributed by atoms with Crippen LogP contribution in [0.1, 0.15) is 22.3 Å². The fourth-order valence-electron chi connectivity index (χ4n) is 10.6. The van der Waals surface area contributed by atoms with Gasteiger partial charge in [-0.1, -0.05) is 212 Å². The molecule has 2 aliphatic rings. The number of hydrogen-bond acceptors (Lipinski definition) is 3. The third-order valence-electron chi connectivity index (χ3n) is 13.3. The summed E-state index contributed by atoms with van der Waals surface area (Å²) in [5.41, 5.74) is 20.1. The van der Waals surface area contributed by atoms with Crippen LogP contribution >= 0.6 is 0 Å². The van der Waals surface area contributed by atoms with Gasteiger partial charge in [0, 0.05) is 33.0 Å². The SMILES string of the molecule is c1ccc(-c2ccc(-c3cc(-c4ccc(-c5nc6ccccc6c6ccc7c(c56)-c5ccccc5C75c6ccccc6-c6ccccc65)cc4)nc(-c4ccccc4)n3)cc2)cc1. The Bertz CT molecular complexity index is 3550. The van der Waals surface area contributed by atoms with E-state index < -0.39 is 5.41 Å². The van der Waals surface area contributed by atoms with E-state index in [1.807, 2.05) is 24.3 Å². The first-order chi connectivity index (χ1) is 31.2. The van der Waals surface area contributed by atoms with Gasteiger partial charge in [0.15, 0.2) is 5.82 Å². The molecule has 0 aliphatic heterocycles. The fourth-order valence-corrected chi connectivity index (χ4v) is 10.6. The lowest BCUT2D eigenvalue weighted by atomic mass is 9.70. The van der Waals surface area contributed by atoms with Crippen molar-refractivity contribution in [2.45, 2.75) is 5.41 Å². The number of rotatable bonds is 5. The zero-order chi connectivity index (χ0) is 41.5. The molecule has 3 nitrogen and oxygen atoms in total. The van der Waals surface area contributed by atoms with Crippen LogP contribution in [-0.4, -0.2) is 15.0 Å². The largest absolute Gasteiger partial charge is 0.247 e. The van der Waals surface area contributed by atoms with Gasteiger partial charge in [-0.2, -0.15) is 0 Å². The minimum atomic E-state index is -0.441. The predicted octanol–water partition coefficient (Wildman–Crippen LogP) is 14.9. The monoisotopic (exact) mass is 799 g/mol. The summed E-state index contributed by atoms with van der Waals surface area (Å²) in [5, 5.41) is 3.54. The van der Waals surface area contributed by atoms with Crippen LogP contribution in [-0.2, 0) is 5.41 Å². The first-order valence-electron chi connectivity index (χ1n) is 21.6. The van der Waals surface area contributed by atoms with Crippen LogP contribution in [0.4, 0.5) is 0 Å². The molecule has 0 atom stereocenters. The van der Waals surface area contributed by atoms with Crippen molar-refractivity contribution in [2.75, 3.05) is 0 Å². The summed E-state index contributed by atoms with van der Waals surface area (Å²) in [7, 11) is 0. The molecule has 0 amide bonds. The molecule has 0 bridgehead atoms. The highest BCUT2D eigenvalue weighted by molar-refractivity contribution is 6.19. The molecule has 0 unspecified atom stereocenters. The van der Waals surface area contributed by atoms with Crippen LogP contribution in [0.2, 0.25) is 0 Å². The Morgan fingerprint density at radius 2 is 0.778 bits per heavy atom. The summed E-state index contributed by atoms with van der Waals surface area (Å²) < 4.78 is 0. The van der Waals surface area contributed by atoms with E-state index in [0.717, 1.165) is 50.2 Å². The molecule has 0 fully saturated rings. The minimum Gasteiger partial charge on any atom is -0.247 e. The van der Waals surface area contributed by atoms with Crippen molar-refractivity contribution >= 4 is 21.7 Å². The van der Waals surface area contributed by atoms with E-state index in [4.69, 9.17) is 15.0 Å². The molecular formula is C60H37N3. The molecule has 2 aliphatic carbocycles. The van der Waals surface area contributed by atoms with Gasteiger partial charge in [0.25, 0.3) is 0 Å². The van der Waals surface area contributed by atoms with Gasteiger partial charge in [-0.15, -0.1) is 0 Å². The van der Waals surface area contributed by atoms with Crippen molar-refractivity contribution < 1.29 is 0 Å². The van der Waals surface area contributed by atoms with E-state index in [9.17, 15) is 0 Å². The number of aromatic nitrogens is 3. The van der Waals surface area contributed by atoms with Crippen LogP contribution < -0.4 is 0 Å². The second kappa shape index (κ2) is 13.9. The zero-order valence-electron chi connectivity index (χ0n) is 34.2. The third kappa shape index (κ3) is 5.30. The van der Waals surface area contributed by atoms with Gasteiger partial charge >= 0.3 is 0 Å². The summed E-state index contributed by atoms with van der Waals surface area (Å²) in [6.45, 7) is 0. The van der Waals surface area contributed by atoms with Crippen molar-refractivity contribution in [3.63, 3.8) is 0 Å². The average Bonchev–Trinajstić information content (AvgIpc) is 3.84. The van der Waals surface area contributed by atoms with E-state index in [-0.39, 0.29) is 0 Å². The average molecular weight is 800 g/mol. The molecule has 63 heavy (non-hydrogen) atoms. The molecule has 11 aromatic rings. The van der Waals surface area contributed by atoms with Gasteiger partial charge in [-0.05, 0) is 73.2 Å². The van der Waals surface area contributed by atoms with E-state index in [2.05, 4.69) is 200 Å². The van der Waals surface area contributed by atoms with Crippen LogP contribution in [0, 0.1) is 0 Å². The highest BCUT2D eigenvalue weighted by atomic mass is 14.9. The molecule has 0 saturated heterocycles. The second-order valence-electron chi connectivity index (χ2n) is 16.6. The first kappa shape index (κ1) is 35.5. The summed E-state index contributed by atoms with van der Waals surface area (Å²) >= 11 is 0. The molecule has 292 valence electrons. The summed E-state index contributed by atoms with van der Waals surface area (Å²) in [4.78, 5) is 15.8. The lowest BCUT2D eigenvalue weighted by Crippen LogP contribution is -2.25. The van der Waals surface area contributed by atoms with Gasteiger partial charge in [0.2, 0.25) is 0 Å². The molecule has 9 aromatic carbocycles. The van der Waals surface area contributed by atoms with Gasteiger partial charge in [-0.25, -0.2) is 15.0 Å². The number of para-hydroxylation sites is 1. The van der Waals surface area contributed by atoms with Crippen LogP contribution in [0.15, 0.2) is 224 Å². The summed E-state index contributed by atoms with van der Waals surface area (Å²) in [6.07, 6.45) is 0. The Hall–Kier alpha value is -8.27. The van der Waals surface area contributed by atoms with E-state index in [0.29, 0.717) is 5.82 Å². The highest BCUT2D eigenvalue weighted by Gasteiger charge is 2.52. The van der Waals surface area contributed by atoms with Crippen LogP contribution in [0.25, 0.3) is 100 Å². The van der Waals surface area contributed by atoms with Crippen LogP contribution in [0.3, 0.4) is 0 Å². The van der Waals surface area contributed by atoms with Crippen molar-refractivity contribution in [2.24, 2.45) is 0 Å². The summed E-state index contributed by atoms with van der Waals surface area (Å²) in [6, 6.07) is 80.7. The first-order valence-corrected chi connectivity index (χ1v) is 21.6. The molecule has 3 heteroatoms. The van der Waals surface area contributed by atoms with Crippen molar-refractivity contribution in [1.82, 2.24) is 15.0 Å².